The first-order valence-electron chi connectivity index (χ1n) is 6.94. The fourth-order valence-corrected chi connectivity index (χ4v) is 2.16. The molecule has 1 heterocycles. The molecule has 2 aromatic rings. The molecule has 104 valence electrons. The molecule has 0 fully saturated rings. The molecule has 0 unspecified atom stereocenters. The predicted octanol–water partition coefficient (Wildman–Crippen LogP) is 1.97. The Morgan fingerprint density at radius 3 is 2.79 bits per heavy atom. The largest absolute Gasteiger partial charge is 0.331 e. The molecule has 2 N–H and O–H groups in total. The molecular weight excluding hydrogens is 236 g/mol. The van der Waals surface area contributed by atoms with E-state index in [1.165, 1.54) is 11.1 Å². The molecule has 4 nitrogen and oxygen atoms in total. The molecule has 0 saturated heterocycles. The van der Waals surface area contributed by atoms with Crippen LogP contribution in [0.3, 0.4) is 0 Å². The lowest BCUT2D eigenvalue weighted by Crippen LogP contribution is -2.31. The molecule has 4 heteroatoms. The highest BCUT2D eigenvalue weighted by Gasteiger charge is 2.04. The van der Waals surface area contributed by atoms with Gasteiger partial charge in [0.05, 0.1) is 11.0 Å². The minimum atomic E-state index is 0.551. The number of hydrogen-bond donors (Lipinski definition) is 2. The smallest absolute Gasteiger partial charge is 0.106 e. The molecule has 0 atom stereocenters. The Hall–Kier alpha value is -1.39. The second kappa shape index (κ2) is 6.17. The van der Waals surface area contributed by atoms with Crippen LogP contribution in [0.15, 0.2) is 18.2 Å². The van der Waals surface area contributed by atoms with E-state index in [2.05, 4.69) is 59.3 Å². The van der Waals surface area contributed by atoms with Crippen molar-refractivity contribution in [2.75, 3.05) is 13.1 Å². The number of imidazole rings is 1. The maximum atomic E-state index is 4.56. The van der Waals surface area contributed by atoms with Crippen molar-refractivity contribution in [2.45, 2.75) is 33.4 Å². The maximum Gasteiger partial charge on any atom is 0.106 e. The average Bonchev–Trinajstić information content (AvgIpc) is 2.64. The van der Waals surface area contributed by atoms with Gasteiger partial charge in [0, 0.05) is 32.7 Å². The van der Waals surface area contributed by atoms with Crippen LogP contribution in [0.25, 0.3) is 11.0 Å². The lowest BCUT2D eigenvalue weighted by Gasteiger charge is -2.09. The van der Waals surface area contributed by atoms with E-state index in [9.17, 15) is 0 Å². The van der Waals surface area contributed by atoms with Gasteiger partial charge in [0.15, 0.2) is 0 Å². The van der Waals surface area contributed by atoms with Gasteiger partial charge in [-0.25, -0.2) is 4.98 Å². The number of fused-ring (bicyclic) bond motifs is 1. The van der Waals surface area contributed by atoms with Gasteiger partial charge < -0.3 is 15.2 Å². The zero-order chi connectivity index (χ0) is 13.8. The maximum absolute atomic E-state index is 4.56. The van der Waals surface area contributed by atoms with E-state index >= 15 is 0 Å². The van der Waals surface area contributed by atoms with E-state index in [1.807, 2.05) is 6.92 Å². The van der Waals surface area contributed by atoms with Gasteiger partial charge in [-0.2, -0.15) is 0 Å². The normalized spacial score (nSPS) is 11.6. The SMILES string of the molecule is Cc1nc2cc(CNCCNC(C)C)ccc2n1C. The monoisotopic (exact) mass is 260 g/mol. The van der Waals surface area contributed by atoms with E-state index in [0.717, 1.165) is 31.0 Å². The van der Waals surface area contributed by atoms with Crippen molar-refractivity contribution >= 4 is 11.0 Å². The molecule has 2 rings (SSSR count). The molecule has 0 radical (unpaired) electrons. The molecule has 19 heavy (non-hydrogen) atoms. The van der Waals surface area contributed by atoms with Gasteiger partial charge in [-0.3, -0.25) is 0 Å². The van der Waals surface area contributed by atoms with E-state index in [1.54, 1.807) is 0 Å². The lowest BCUT2D eigenvalue weighted by molar-refractivity contribution is 0.556. The summed E-state index contributed by atoms with van der Waals surface area (Å²) in [6.07, 6.45) is 0. The van der Waals surface area contributed by atoms with Crippen LogP contribution in [0.5, 0.6) is 0 Å². The molecule has 0 amide bonds. The highest BCUT2D eigenvalue weighted by Crippen LogP contribution is 2.16. The van der Waals surface area contributed by atoms with Crippen LogP contribution in [0, 0.1) is 6.92 Å². The van der Waals surface area contributed by atoms with Gasteiger partial charge in [0.2, 0.25) is 0 Å². The molecule has 1 aromatic carbocycles. The Labute approximate surface area is 115 Å². The van der Waals surface area contributed by atoms with Crippen LogP contribution in [0.4, 0.5) is 0 Å². The van der Waals surface area contributed by atoms with Crippen LogP contribution in [0.2, 0.25) is 0 Å². The molecule has 0 saturated carbocycles. The minimum absolute atomic E-state index is 0.551. The molecule has 0 aliphatic rings. The fourth-order valence-electron chi connectivity index (χ4n) is 2.16. The number of hydrogen-bond acceptors (Lipinski definition) is 3. The summed E-state index contributed by atoms with van der Waals surface area (Å²) in [7, 11) is 2.06. The van der Waals surface area contributed by atoms with Crippen molar-refractivity contribution in [3.05, 3.63) is 29.6 Å². The van der Waals surface area contributed by atoms with Crippen LogP contribution < -0.4 is 10.6 Å². The summed E-state index contributed by atoms with van der Waals surface area (Å²) in [6, 6.07) is 7.05. The number of aromatic nitrogens is 2. The number of nitrogens with zero attached hydrogens (tertiary/aromatic N) is 2. The first kappa shape index (κ1) is 14.0. The summed E-state index contributed by atoms with van der Waals surface area (Å²) >= 11 is 0. The van der Waals surface area contributed by atoms with Gasteiger partial charge in [-0.1, -0.05) is 19.9 Å². The van der Waals surface area contributed by atoms with Crippen molar-refractivity contribution in [1.82, 2.24) is 20.2 Å². The predicted molar refractivity (Wildman–Crippen MR) is 80.3 cm³/mol. The zero-order valence-electron chi connectivity index (χ0n) is 12.3. The van der Waals surface area contributed by atoms with Gasteiger partial charge >= 0.3 is 0 Å². The second-order valence-electron chi connectivity index (χ2n) is 5.33. The van der Waals surface area contributed by atoms with E-state index in [4.69, 9.17) is 0 Å². The number of nitrogens with one attached hydrogen (secondary N) is 2. The first-order chi connectivity index (χ1) is 9.08. The number of aryl methyl sites for hydroxylation is 2. The fraction of sp³-hybridized carbons (Fsp3) is 0.533. The Morgan fingerprint density at radius 1 is 1.26 bits per heavy atom. The number of benzene rings is 1. The summed E-state index contributed by atoms with van der Waals surface area (Å²) in [5, 5.41) is 6.84. The van der Waals surface area contributed by atoms with E-state index < -0.39 is 0 Å². The standard InChI is InChI=1S/C15H24N4/c1-11(2)17-8-7-16-10-13-5-6-15-14(9-13)18-12(3)19(15)4/h5-6,9,11,16-17H,7-8,10H2,1-4H3. The average molecular weight is 260 g/mol. The number of rotatable bonds is 6. The van der Waals surface area contributed by atoms with E-state index in [-0.39, 0.29) is 0 Å². The van der Waals surface area contributed by atoms with Gasteiger partial charge in [0.1, 0.15) is 5.82 Å². The third-order valence-corrected chi connectivity index (χ3v) is 3.35. The van der Waals surface area contributed by atoms with Gasteiger partial charge in [-0.15, -0.1) is 0 Å². The van der Waals surface area contributed by atoms with Crippen molar-refractivity contribution in [3.63, 3.8) is 0 Å². The molecule has 0 spiro atoms. The van der Waals surface area contributed by atoms with Crippen LogP contribution in [0.1, 0.15) is 25.2 Å². The van der Waals surface area contributed by atoms with Crippen molar-refractivity contribution in [3.8, 4) is 0 Å². The quantitative estimate of drug-likeness (QED) is 0.780. The van der Waals surface area contributed by atoms with Gasteiger partial charge in [0.25, 0.3) is 0 Å². The Balaban J connectivity index is 1.91. The van der Waals surface area contributed by atoms with Crippen LogP contribution in [-0.2, 0) is 13.6 Å². The highest BCUT2D eigenvalue weighted by atomic mass is 15.0. The molecule has 0 aliphatic heterocycles. The first-order valence-corrected chi connectivity index (χ1v) is 6.94. The molecule has 1 aromatic heterocycles. The third-order valence-electron chi connectivity index (χ3n) is 3.35. The van der Waals surface area contributed by atoms with Crippen molar-refractivity contribution in [1.29, 1.82) is 0 Å². The lowest BCUT2D eigenvalue weighted by atomic mass is 10.2. The molecule has 0 bridgehead atoms. The summed E-state index contributed by atoms with van der Waals surface area (Å²) < 4.78 is 2.12. The Morgan fingerprint density at radius 2 is 2.05 bits per heavy atom. The summed E-state index contributed by atoms with van der Waals surface area (Å²) in [5.41, 5.74) is 3.57. The summed E-state index contributed by atoms with van der Waals surface area (Å²) in [5.74, 6) is 1.06. The summed E-state index contributed by atoms with van der Waals surface area (Å²) in [4.78, 5) is 4.56. The molecule has 0 aliphatic carbocycles. The zero-order valence-corrected chi connectivity index (χ0v) is 12.3. The Kier molecular flexibility index (Phi) is 4.56. The van der Waals surface area contributed by atoms with Crippen LogP contribution in [-0.4, -0.2) is 28.7 Å². The van der Waals surface area contributed by atoms with Crippen molar-refractivity contribution < 1.29 is 0 Å². The summed E-state index contributed by atoms with van der Waals surface area (Å²) in [6.45, 7) is 9.25. The molecular formula is C15H24N4. The topological polar surface area (TPSA) is 41.9 Å². The third kappa shape index (κ3) is 3.55. The minimum Gasteiger partial charge on any atom is -0.331 e. The highest BCUT2D eigenvalue weighted by molar-refractivity contribution is 5.76. The second-order valence-corrected chi connectivity index (χ2v) is 5.33. The van der Waals surface area contributed by atoms with E-state index in [0.29, 0.717) is 6.04 Å². The van der Waals surface area contributed by atoms with Gasteiger partial charge in [-0.05, 0) is 24.6 Å². The van der Waals surface area contributed by atoms with Crippen LogP contribution >= 0.6 is 0 Å². The Bertz CT molecular complexity index is 542. The van der Waals surface area contributed by atoms with Crippen molar-refractivity contribution in [2.24, 2.45) is 7.05 Å².